The Kier molecular flexibility index (Phi) is 2.65. The normalized spacial score (nSPS) is 10.9. The second-order valence-corrected chi connectivity index (χ2v) is 2.73. The van der Waals surface area contributed by atoms with E-state index in [0.29, 0.717) is 0 Å². The first-order chi connectivity index (χ1) is 5.65. The van der Waals surface area contributed by atoms with Crippen molar-refractivity contribution in [1.29, 1.82) is 0 Å². The minimum Gasteiger partial charge on any atom is -0.381 e. The van der Waals surface area contributed by atoms with Gasteiger partial charge in [-0.15, -0.1) is 0 Å². The molecule has 0 saturated heterocycles. The predicted octanol–water partition coefficient (Wildman–Crippen LogP) is 2.05. The Labute approximate surface area is 76.3 Å². The average Bonchev–Trinajstić information content (AvgIpc) is 2.01. The van der Waals surface area contributed by atoms with Gasteiger partial charge < -0.3 is 5.73 Å². The summed E-state index contributed by atoms with van der Waals surface area (Å²) < 4.78 is 0. The molecule has 1 rings (SSSR count). The Morgan fingerprint density at radius 1 is 1.42 bits per heavy atom. The molecule has 0 spiro atoms. The van der Waals surface area contributed by atoms with Crippen molar-refractivity contribution in [3.63, 3.8) is 0 Å². The Hall–Kier alpha value is -1.09. The Balaban J connectivity index is 3.23. The zero-order valence-corrected chi connectivity index (χ0v) is 7.76. The van der Waals surface area contributed by atoms with E-state index >= 15 is 0 Å². The molecule has 1 aromatic heterocycles. The van der Waals surface area contributed by atoms with E-state index in [4.69, 9.17) is 17.3 Å². The molecule has 0 amide bonds. The highest BCUT2D eigenvalue weighted by molar-refractivity contribution is 6.31. The number of aromatic nitrogens is 2. The number of halogens is 1. The van der Waals surface area contributed by atoms with Crippen LogP contribution in [-0.4, -0.2) is 9.97 Å². The fourth-order valence-corrected chi connectivity index (χ4v) is 1.00. The highest BCUT2D eigenvalue weighted by Gasteiger charge is 2.03. The second-order valence-electron chi connectivity index (χ2n) is 2.37. The van der Waals surface area contributed by atoms with Gasteiger partial charge >= 0.3 is 0 Å². The topological polar surface area (TPSA) is 51.8 Å². The molecule has 0 aliphatic heterocycles. The lowest BCUT2D eigenvalue weighted by Gasteiger charge is -2.01. The van der Waals surface area contributed by atoms with Crippen LogP contribution in [0.4, 0.5) is 5.82 Å². The van der Waals surface area contributed by atoms with Crippen LogP contribution in [0.1, 0.15) is 18.3 Å². The summed E-state index contributed by atoms with van der Waals surface area (Å²) in [7, 11) is 0. The number of anilines is 1. The van der Waals surface area contributed by atoms with Crippen molar-refractivity contribution in [3.05, 3.63) is 22.6 Å². The van der Waals surface area contributed by atoms with Crippen LogP contribution in [0.15, 0.2) is 6.08 Å². The Morgan fingerprint density at radius 3 is 2.67 bits per heavy atom. The summed E-state index contributed by atoms with van der Waals surface area (Å²) in [5, 5.41) is 0.265. The van der Waals surface area contributed by atoms with E-state index in [-0.39, 0.29) is 11.0 Å². The van der Waals surface area contributed by atoms with Crippen LogP contribution >= 0.6 is 11.6 Å². The number of hydrogen-bond acceptors (Lipinski definition) is 3. The third kappa shape index (κ3) is 1.74. The van der Waals surface area contributed by atoms with Crippen LogP contribution in [-0.2, 0) is 0 Å². The van der Waals surface area contributed by atoms with Crippen LogP contribution in [0.5, 0.6) is 0 Å². The largest absolute Gasteiger partial charge is 0.381 e. The molecule has 0 atom stereocenters. The Morgan fingerprint density at radius 2 is 2.08 bits per heavy atom. The molecule has 0 saturated carbocycles. The lowest BCUT2D eigenvalue weighted by Crippen LogP contribution is -1.99. The smallest absolute Gasteiger partial charge is 0.171 e. The number of nitrogen functional groups attached to an aromatic ring is 1. The van der Waals surface area contributed by atoms with Gasteiger partial charge in [0, 0.05) is 0 Å². The molecular formula is C8H10ClN3. The minimum atomic E-state index is 0.265. The van der Waals surface area contributed by atoms with Crippen molar-refractivity contribution in [1.82, 2.24) is 9.97 Å². The van der Waals surface area contributed by atoms with E-state index in [1.807, 2.05) is 26.0 Å². The summed E-state index contributed by atoms with van der Waals surface area (Å²) in [6, 6.07) is 0. The summed E-state index contributed by atoms with van der Waals surface area (Å²) in [6.07, 6.45) is 3.72. The zero-order chi connectivity index (χ0) is 9.14. The summed E-state index contributed by atoms with van der Waals surface area (Å²) >= 11 is 5.66. The molecule has 4 heteroatoms. The molecule has 2 N–H and O–H groups in total. The first kappa shape index (κ1) is 9.00. The first-order valence-electron chi connectivity index (χ1n) is 3.57. The van der Waals surface area contributed by atoms with Gasteiger partial charge in [-0.25, -0.2) is 9.97 Å². The van der Waals surface area contributed by atoms with E-state index in [9.17, 15) is 0 Å². The number of nitrogens with zero attached hydrogens (tertiary/aromatic N) is 2. The van der Waals surface area contributed by atoms with Crippen LogP contribution in [0.3, 0.4) is 0 Å². The lowest BCUT2D eigenvalue weighted by molar-refractivity contribution is 1.11. The van der Waals surface area contributed by atoms with Gasteiger partial charge in [0.25, 0.3) is 0 Å². The van der Waals surface area contributed by atoms with Crippen molar-refractivity contribution in [2.75, 3.05) is 5.73 Å². The van der Waals surface area contributed by atoms with Gasteiger partial charge in [0.1, 0.15) is 0 Å². The standard InChI is InChI=1S/C8H10ClN3/c1-3-4-6-5(2)11-7(9)8(10)12-6/h3-4H,1-2H3,(H2,10,12)/b4-3-. The third-order valence-corrected chi connectivity index (χ3v) is 1.69. The van der Waals surface area contributed by atoms with Gasteiger partial charge in [-0.2, -0.15) is 0 Å². The highest BCUT2D eigenvalue weighted by atomic mass is 35.5. The summed E-state index contributed by atoms with van der Waals surface area (Å²) in [4.78, 5) is 8.08. The number of hydrogen-bond donors (Lipinski definition) is 1. The highest BCUT2D eigenvalue weighted by Crippen LogP contribution is 2.15. The molecule has 0 aliphatic rings. The van der Waals surface area contributed by atoms with Crippen molar-refractivity contribution >= 4 is 23.5 Å². The van der Waals surface area contributed by atoms with Crippen molar-refractivity contribution in [3.8, 4) is 0 Å². The maximum absolute atomic E-state index is 5.66. The van der Waals surface area contributed by atoms with Crippen LogP contribution in [0.2, 0.25) is 5.15 Å². The minimum absolute atomic E-state index is 0.265. The predicted molar refractivity (Wildman–Crippen MR) is 50.9 cm³/mol. The number of rotatable bonds is 1. The number of aryl methyl sites for hydroxylation is 1. The average molecular weight is 184 g/mol. The molecule has 64 valence electrons. The van der Waals surface area contributed by atoms with E-state index in [1.54, 1.807) is 0 Å². The summed E-state index contributed by atoms with van der Waals surface area (Å²) in [6.45, 7) is 3.75. The fourth-order valence-electron chi connectivity index (χ4n) is 0.834. The van der Waals surface area contributed by atoms with Gasteiger partial charge in [-0.1, -0.05) is 17.7 Å². The molecule has 0 radical (unpaired) electrons. The zero-order valence-electron chi connectivity index (χ0n) is 7.00. The molecule has 0 aromatic carbocycles. The van der Waals surface area contributed by atoms with Crippen LogP contribution in [0.25, 0.3) is 6.08 Å². The van der Waals surface area contributed by atoms with Gasteiger partial charge in [0.05, 0.1) is 11.4 Å². The van der Waals surface area contributed by atoms with Gasteiger partial charge in [-0.05, 0) is 19.9 Å². The number of allylic oxidation sites excluding steroid dienone is 1. The summed E-state index contributed by atoms with van der Waals surface area (Å²) in [5.74, 6) is 0.273. The second kappa shape index (κ2) is 3.54. The molecular weight excluding hydrogens is 174 g/mol. The molecule has 1 aromatic rings. The third-order valence-electron chi connectivity index (χ3n) is 1.41. The molecule has 0 aliphatic carbocycles. The van der Waals surface area contributed by atoms with Gasteiger partial charge in [0.2, 0.25) is 0 Å². The monoisotopic (exact) mass is 183 g/mol. The molecule has 0 unspecified atom stereocenters. The fraction of sp³-hybridized carbons (Fsp3) is 0.250. The molecule has 0 fully saturated rings. The lowest BCUT2D eigenvalue weighted by atomic mass is 10.3. The molecule has 3 nitrogen and oxygen atoms in total. The SMILES string of the molecule is C/C=C\c1nc(N)c(Cl)nc1C. The Bertz CT molecular complexity index is 320. The van der Waals surface area contributed by atoms with E-state index in [0.717, 1.165) is 11.4 Å². The van der Waals surface area contributed by atoms with Crippen LogP contribution in [0, 0.1) is 6.92 Å². The van der Waals surface area contributed by atoms with E-state index < -0.39 is 0 Å². The first-order valence-corrected chi connectivity index (χ1v) is 3.95. The van der Waals surface area contributed by atoms with E-state index in [2.05, 4.69) is 9.97 Å². The maximum atomic E-state index is 5.66. The van der Waals surface area contributed by atoms with Crippen LogP contribution < -0.4 is 5.73 Å². The van der Waals surface area contributed by atoms with Gasteiger partial charge in [0.15, 0.2) is 11.0 Å². The van der Waals surface area contributed by atoms with E-state index in [1.165, 1.54) is 0 Å². The quantitative estimate of drug-likeness (QED) is 0.725. The number of nitrogens with two attached hydrogens (primary N) is 1. The molecule has 12 heavy (non-hydrogen) atoms. The van der Waals surface area contributed by atoms with Crippen molar-refractivity contribution in [2.45, 2.75) is 13.8 Å². The van der Waals surface area contributed by atoms with Crippen molar-refractivity contribution < 1.29 is 0 Å². The maximum Gasteiger partial charge on any atom is 0.171 e. The molecule has 0 bridgehead atoms. The van der Waals surface area contributed by atoms with Gasteiger partial charge in [-0.3, -0.25) is 0 Å². The van der Waals surface area contributed by atoms with Crippen molar-refractivity contribution in [2.24, 2.45) is 0 Å². The molecule has 1 heterocycles. The summed E-state index contributed by atoms with van der Waals surface area (Å²) in [5.41, 5.74) is 7.03.